The van der Waals surface area contributed by atoms with E-state index in [2.05, 4.69) is 53.3 Å². The van der Waals surface area contributed by atoms with E-state index in [0.717, 1.165) is 25.2 Å². The topological polar surface area (TPSA) is 21.8 Å². The number of epoxide rings is 1. The molecular weight excluding hydrogens is 240 g/mol. The van der Waals surface area contributed by atoms with Crippen molar-refractivity contribution in [1.29, 1.82) is 0 Å². The Morgan fingerprint density at radius 3 is 2.44 bits per heavy atom. The molecule has 0 radical (unpaired) electrons. The molecule has 0 N–H and O–H groups in total. The average Bonchev–Trinajstić information content (AvgIpc) is 2.95. The molecule has 1 atom stereocenters. The minimum absolute atomic E-state index is 0.0426. The van der Waals surface area contributed by atoms with E-state index >= 15 is 0 Å². The van der Waals surface area contributed by atoms with Crippen molar-refractivity contribution in [3.05, 3.63) is 11.8 Å². The summed E-state index contributed by atoms with van der Waals surface area (Å²) < 4.78 is 11.2. The molecule has 1 fully saturated rings. The maximum Gasteiger partial charge on any atom is 0.104 e. The van der Waals surface area contributed by atoms with Gasteiger partial charge in [-0.3, -0.25) is 0 Å². The van der Waals surface area contributed by atoms with E-state index in [1.165, 1.54) is 0 Å². The van der Waals surface area contributed by atoms with Crippen molar-refractivity contribution < 1.29 is 9.47 Å². The highest BCUT2D eigenvalue weighted by molar-refractivity contribution is 6.43. The monoisotopic (exact) mass is 270 g/mol. The van der Waals surface area contributed by atoms with Crippen molar-refractivity contribution in [3.63, 3.8) is 0 Å². The van der Waals surface area contributed by atoms with Crippen LogP contribution in [-0.4, -0.2) is 34.4 Å². The van der Waals surface area contributed by atoms with Crippen LogP contribution in [0.4, 0.5) is 0 Å². The average molecular weight is 270 g/mol. The molecule has 1 aliphatic rings. The third-order valence-electron chi connectivity index (χ3n) is 3.12. The number of hydrogen-bond donors (Lipinski definition) is 0. The van der Waals surface area contributed by atoms with Gasteiger partial charge in [0.25, 0.3) is 0 Å². The van der Waals surface area contributed by atoms with Crippen LogP contribution in [0.25, 0.3) is 0 Å². The number of allylic oxidation sites excluding steroid dienone is 1. The van der Waals surface area contributed by atoms with E-state index in [1.807, 2.05) is 0 Å². The molecule has 0 aliphatic carbocycles. The van der Waals surface area contributed by atoms with Gasteiger partial charge in [-0.05, 0) is 25.7 Å². The summed E-state index contributed by atoms with van der Waals surface area (Å²) in [5.74, 6) is 0. The minimum Gasteiger partial charge on any atom is -0.373 e. The minimum atomic E-state index is -0.0703. The van der Waals surface area contributed by atoms with Gasteiger partial charge in [0.05, 0.1) is 18.8 Å². The lowest BCUT2D eigenvalue weighted by atomic mass is 9.82. The molecule has 1 aliphatic heterocycles. The van der Waals surface area contributed by atoms with E-state index in [4.69, 9.17) is 9.47 Å². The van der Waals surface area contributed by atoms with Gasteiger partial charge in [-0.15, -0.1) is 5.70 Å². The predicted molar refractivity (Wildman–Crippen MR) is 81.0 cm³/mol. The van der Waals surface area contributed by atoms with Gasteiger partial charge in [-0.25, -0.2) is 0 Å². The maximum atomic E-state index is 5.97. The summed E-state index contributed by atoms with van der Waals surface area (Å²) in [4.78, 5) is 0. The lowest BCUT2D eigenvalue weighted by Gasteiger charge is -2.33. The molecule has 0 aromatic carbocycles. The number of ether oxygens (including phenoxy) is 2. The molecule has 1 saturated heterocycles. The third kappa shape index (κ3) is 7.34. The molecule has 1 heterocycles. The van der Waals surface area contributed by atoms with E-state index in [9.17, 15) is 0 Å². The fraction of sp³-hybridized carbons (Fsp3) is 0.867. The standard InChI is InChI=1S/C15H30O2Si/c1-12(2)18-8-7-14(3,4)11-15(5,6)17-10-13-9-16-13/h7-8,12-13H,9-11,18H2,1-6H3. The molecule has 1 rings (SSSR count). The first-order chi connectivity index (χ1) is 8.20. The molecule has 0 aromatic rings. The highest BCUT2D eigenvalue weighted by Crippen LogP contribution is 2.32. The van der Waals surface area contributed by atoms with E-state index in [1.54, 1.807) is 0 Å². The molecule has 106 valence electrons. The summed E-state index contributed by atoms with van der Waals surface area (Å²) in [5, 5.41) is 0. The lowest BCUT2D eigenvalue weighted by Crippen LogP contribution is -2.32. The van der Waals surface area contributed by atoms with E-state index < -0.39 is 0 Å². The third-order valence-corrected chi connectivity index (χ3v) is 4.57. The van der Waals surface area contributed by atoms with Crippen LogP contribution in [0.5, 0.6) is 0 Å². The van der Waals surface area contributed by atoms with Gasteiger partial charge in [0.1, 0.15) is 6.10 Å². The Kier molecular flexibility index (Phi) is 5.62. The summed E-state index contributed by atoms with van der Waals surface area (Å²) in [5.41, 5.74) is 3.47. The molecule has 0 spiro atoms. The first-order valence-corrected chi connectivity index (χ1v) is 8.77. The zero-order valence-corrected chi connectivity index (χ0v) is 14.4. The Morgan fingerprint density at radius 2 is 1.94 bits per heavy atom. The van der Waals surface area contributed by atoms with Gasteiger partial charge in [-0.1, -0.05) is 39.3 Å². The molecular formula is C15H30O2Si. The lowest BCUT2D eigenvalue weighted by molar-refractivity contribution is -0.0450. The van der Waals surface area contributed by atoms with Crippen molar-refractivity contribution >= 4 is 9.52 Å². The Bertz CT molecular complexity index is 278. The largest absolute Gasteiger partial charge is 0.373 e. The summed E-state index contributed by atoms with van der Waals surface area (Å²) in [7, 11) is -0.0426. The Morgan fingerprint density at radius 1 is 1.33 bits per heavy atom. The maximum absolute atomic E-state index is 5.97. The van der Waals surface area contributed by atoms with Crippen LogP contribution >= 0.6 is 0 Å². The first kappa shape index (κ1) is 15.9. The summed E-state index contributed by atoms with van der Waals surface area (Å²) in [6.45, 7) is 15.2. The SMILES string of the molecule is CC(C)[SiH2]C=CC(C)(C)CC(C)(C)OCC1CO1. The van der Waals surface area contributed by atoms with Gasteiger partial charge >= 0.3 is 0 Å². The van der Waals surface area contributed by atoms with Gasteiger partial charge < -0.3 is 9.47 Å². The molecule has 0 bridgehead atoms. The number of rotatable bonds is 8. The highest BCUT2D eigenvalue weighted by atomic mass is 28.2. The van der Waals surface area contributed by atoms with Crippen molar-refractivity contribution in [2.75, 3.05) is 13.2 Å². The van der Waals surface area contributed by atoms with Gasteiger partial charge in [0.2, 0.25) is 0 Å². The fourth-order valence-corrected chi connectivity index (χ4v) is 3.67. The molecule has 3 heteroatoms. The first-order valence-electron chi connectivity index (χ1n) is 7.13. The summed E-state index contributed by atoms with van der Waals surface area (Å²) in [6.07, 6.45) is 3.81. The van der Waals surface area contributed by atoms with Crippen LogP contribution in [0.15, 0.2) is 11.8 Å². The van der Waals surface area contributed by atoms with Crippen molar-refractivity contribution in [2.24, 2.45) is 5.41 Å². The van der Waals surface area contributed by atoms with Crippen molar-refractivity contribution in [1.82, 2.24) is 0 Å². The second-order valence-electron chi connectivity index (χ2n) is 7.22. The van der Waals surface area contributed by atoms with Gasteiger partial charge in [0.15, 0.2) is 0 Å². The van der Waals surface area contributed by atoms with Crippen LogP contribution in [0.2, 0.25) is 5.54 Å². The van der Waals surface area contributed by atoms with Crippen molar-refractivity contribution in [3.8, 4) is 0 Å². The Balaban J connectivity index is 2.38. The van der Waals surface area contributed by atoms with Crippen LogP contribution < -0.4 is 0 Å². The molecule has 1 unspecified atom stereocenters. The molecule has 0 amide bonds. The van der Waals surface area contributed by atoms with Gasteiger partial charge in [-0.2, -0.15) is 0 Å². The van der Waals surface area contributed by atoms with E-state index in [-0.39, 0.29) is 20.5 Å². The smallest absolute Gasteiger partial charge is 0.104 e. The quantitative estimate of drug-likeness (QED) is 0.499. The normalized spacial score (nSPS) is 21.6. The molecule has 2 nitrogen and oxygen atoms in total. The molecule has 0 aromatic heterocycles. The van der Waals surface area contributed by atoms with Crippen LogP contribution in [0, 0.1) is 5.41 Å². The zero-order valence-electron chi connectivity index (χ0n) is 13.0. The fourth-order valence-electron chi connectivity index (χ4n) is 2.35. The Hall–Kier alpha value is -0.123. The second kappa shape index (κ2) is 6.35. The van der Waals surface area contributed by atoms with Crippen LogP contribution in [-0.2, 0) is 9.47 Å². The second-order valence-corrected chi connectivity index (χ2v) is 9.80. The van der Waals surface area contributed by atoms with Gasteiger partial charge in [0, 0.05) is 9.52 Å². The summed E-state index contributed by atoms with van der Waals surface area (Å²) in [6, 6.07) is 0. The summed E-state index contributed by atoms with van der Waals surface area (Å²) >= 11 is 0. The Labute approximate surface area is 115 Å². The van der Waals surface area contributed by atoms with Crippen molar-refractivity contribution in [2.45, 2.75) is 65.2 Å². The van der Waals surface area contributed by atoms with Crippen LogP contribution in [0.1, 0.15) is 48.0 Å². The van der Waals surface area contributed by atoms with Crippen LogP contribution in [0.3, 0.4) is 0 Å². The zero-order chi connectivity index (χ0) is 13.8. The number of hydrogen-bond acceptors (Lipinski definition) is 2. The predicted octanol–water partition coefficient (Wildman–Crippen LogP) is 3.11. The van der Waals surface area contributed by atoms with E-state index in [0.29, 0.717) is 6.10 Å². The molecule has 18 heavy (non-hydrogen) atoms. The molecule has 0 saturated carbocycles. The highest BCUT2D eigenvalue weighted by Gasteiger charge is 2.31.